The molecular formula is C31H29N5O2. The van der Waals surface area contributed by atoms with Crippen LogP contribution in [0.1, 0.15) is 31.8 Å². The molecule has 0 saturated carbocycles. The molecule has 2 saturated heterocycles. The van der Waals surface area contributed by atoms with E-state index in [-0.39, 0.29) is 11.8 Å². The predicted octanol–water partition coefficient (Wildman–Crippen LogP) is 4.09. The van der Waals surface area contributed by atoms with Gasteiger partial charge in [0.05, 0.1) is 17.1 Å². The highest BCUT2D eigenvalue weighted by atomic mass is 16.2. The number of carbonyl (C=O) groups excluding carboxylic acids is 2. The third-order valence-electron chi connectivity index (χ3n) is 7.83. The number of aryl methyl sites for hydroxylation is 1. The summed E-state index contributed by atoms with van der Waals surface area (Å²) < 4.78 is 2.08. The van der Waals surface area contributed by atoms with Crippen LogP contribution in [0.15, 0.2) is 79.0 Å². The normalized spacial score (nSPS) is 16.3. The number of benzene rings is 3. The molecule has 0 N–H and O–H groups in total. The number of fused-ring (bicyclic) bond motifs is 1. The Hall–Kier alpha value is -4.41. The first kappa shape index (κ1) is 24.0. The molecule has 3 aromatic carbocycles. The standard InChI is InChI=1S/C31H29N5O2/c1-22-17-27(9-7-26(22)19-32)36-12-11-24-18-25(8-10-29(24)36)31(38)35-20-28(21-35)33-13-15-34(16-14-33)30(37)23-5-3-2-4-6-23/h2-12,17-18,28H,13-16,20-21H2,1H3. The number of nitriles is 1. The van der Waals surface area contributed by atoms with Gasteiger partial charge in [-0.2, -0.15) is 5.26 Å². The molecule has 7 heteroatoms. The fourth-order valence-corrected chi connectivity index (χ4v) is 5.51. The minimum Gasteiger partial charge on any atom is -0.336 e. The number of amides is 2. The number of hydrogen-bond acceptors (Lipinski definition) is 4. The molecule has 4 aromatic rings. The maximum absolute atomic E-state index is 13.2. The van der Waals surface area contributed by atoms with E-state index in [2.05, 4.69) is 15.5 Å². The van der Waals surface area contributed by atoms with E-state index in [4.69, 9.17) is 0 Å². The Balaban J connectivity index is 1.07. The first-order valence-corrected chi connectivity index (χ1v) is 13.0. The van der Waals surface area contributed by atoms with Crippen LogP contribution in [0.4, 0.5) is 0 Å². The number of nitrogens with zero attached hydrogens (tertiary/aromatic N) is 5. The van der Waals surface area contributed by atoms with Gasteiger partial charge in [0.15, 0.2) is 0 Å². The Kier molecular flexibility index (Phi) is 6.18. The molecule has 0 spiro atoms. The molecule has 0 bridgehead atoms. The van der Waals surface area contributed by atoms with Crippen LogP contribution in [0.2, 0.25) is 0 Å². The maximum atomic E-state index is 13.2. The molecular weight excluding hydrogens is 474 g/mol. The van der Waals surface area contributed by atoms with Crippen LogP contribution in [-0.4, -0.2) is 76.4 Å². The summed E-state index contributed by atoms with van der Waals surface area (Å²) in [6.07, 6.45) is 2.00. The minimum absolute atomic E-state index is 0.0583. The Morgan fingerprint density at radius 3 is 2.26 bits per heavy atom. The lowest BCUT2D eigenvalue weighted by Crippen LogP contribution is -2.64. The number of piperazine rings is 1. The zero-order chi connectivity index (χ0) is 26.2. The number of hydrogen-bond donors (Lipinski definition) is 0. The Morgan fingerprint density at radius 1 is 0.816 bits per heavy atom. The van der Waals surface area contributed by atoms with Crippen molar-refractivity contribution < 1.29 is 9.59 Å². The topological polar surface area (TPSA) is 72.6 Å². The molecule has 0 radical (unpaired) electrons. The number of carbonyl (C=O) groups is 2. The average molecular weight is 504 g/mol. The van der Waals surface area contributed by atoms with Crippen molar-refractivity contribution in [3.63, 3.8) is 0 Å². The van der Waals surface area contributed by atoms with E-state index < -0.39 is 0 Å². The van der Waals surface area contributed by atoms with Gasteiger partial charge in [-0.25, -0.2) is 0 Å². The summed E-state index contributed by atoms with van der Waals surface area (Å²) in [6.45, 7) is 6.47. The smallest absolute Gasteiger partial charge is 0.253 e. The minimum atomic E-state index is 0.0583. The van der Waals surface area contributed by atoms with Crippen molar-refractivity contribution in [1.82, 2.24) is 19.3 Å². The van der Waals surface area contributed by atoms with Gasteiger partial charge in [-0.3, -0.25) is 14.5 Å². The third-order valence-corrected chi connectivity index (χ3v) is 7.83. The van der Waals surface area contributed by atoms with Crippen LogP contribution in [0, 0.1) is 18.3 Å². The second-order valence-corrected chi connectivity index (χ2v) is 10.1. The van der Waals surface area contributed by atoms with Gasteiger partial charge in [0.2, 0.25) is 0 Å². The van der Waals surface area contributed by atoms with E-state index in [0.29, 0.717) is 30.3 Å². The second-order valence-electron chi connectivity index (χ2n) is 10.1. The fourth-order valence-electron chi connectivity index (χ4n) is 5.51. The Morgan fingerprint density at radius 2 is 1.55 bits per heavy atom. The quantitative estimate of drug-likeness (QED) is 0.421. The first-order chi connectivity index (χ1) is 18.5. The van der Waals surface area contributed by atoms with E-state index in [1.165, 1.54) is 0 Å². The van der Waals surface area contributed by atoms with Crippen LogP contribution in [0.3, 0.4) is 0 Å². The summed E-state index contributed by atoms with van der Waals surface area (Å²) >= 11 is 0. The molecule has 6 rings (SSSR count). The van der Waals surface area contributed by atoms with E-state index in [1.54, 1.807) is 0 Å². The summed E-state index contributed by atoms with van der Waals surface area (Å²) in [5.74, 6) is 0.150. The molecule has 0 aliphatic carbocycles. The molecule has 1 aromatic heterocycles. The van der Waals surface area contributed by atoms with Crippen molar-refractivity contribution in [3.8, 4) is 11.8 Å². The van der Waals surface area contributed by atoms with Crippen LogP contribution in [0.25, 0.3) is 16.6 Å². The molecule has 2 fully saturated rings. The van der Waals surface area contributed by atoms with E-state index in [0.717, 1.165) is 53.9 Å². The molecule has 0 atom stereocenters. The van der Waals surface area contributed by atoms with Gasteiger partial charge in [-0.1, -0.05) is 18.2 Å². The van der Waals surface area contributed by atoms with Gasteiger partial charge in [-0.05, 0) is 67.1 Å². The third kappa shape index (κ3) is 4.33. The molecule has 3 heterocycles. The van der Waals surface area contributed by atoms with Crippen LogP contribution >= 0.6 is 0 Å². The fraction of sp³-hybridized carbons (Fsp3) is 0.258. The largest absolute Gasteiger partial charge is 0.336 e. The highest BCUT2D eigenvalue weighted by molar-refractivity contribution is 5.99. The van der Waals surface area contributed by atoms with E-state index >= 15 is 0 Å². The van der Waals surface area contributed by atoms with Crippen molar-refractivity contribution in [3.05, 3.63) is 101 Å². The number of rotatable bonds is 4. The molecule has 0 unspecified atom stereocenters. The molecule has 2 aliphatic rings. The first-order valence-electron chi connectivity index (χ1n) is 13.0. The van der Waals surface area contributed by atoms with E-state index in [1.807, 2.05) is 95.7 Å². The van der Waals surface area contributed by atoms with Gasteiger partial charge in [0.25, 0.3) is 11.8 Å². The van der Waals surface area contributed by atoms with Crippen LogP contribution in [-0.2, 0) is 0 Å². The molecule has 38 heavy (non-hydrogen) atoms. The van der Waals surface area contributed by atoms with Gasteiger partial charge in [0, 0.05) is 73.7 Å². The molecule has 190 valence electrons. The summed E-state index contributed by atoms with van der Waals surface area (Å²) in [6, 6.07) is 25.7. The molecule has 2 amide bonds. The van der Waals surface area contributed by atoms with Crippen molar-refractivity contribution >= 4 is 22.7 Å². The lowest BCUT2D eigenvalue weighted by molar-refractivity contribution is 0.00854. The second kappa shape index (κ2) is 9.81. The maximum Gasteiger partial charge on any atom is 0.253 e. The highest BCUT2D eigenvalue weighted by Gasteiger charge is 2.37. The number of likely N-dealkylation sites (tertiary alicyclic amines) is 1. The summed E-state index contributed by atoms with van der Waals surface area (Å²) in [7, 11) is 0. The lowest BCUT2D eigenvalue weighted by atomic mass is 10.0. The summed E-state index contributed by atoms with van der Waals surface area (Å²) in [4.78, 5) is 32.2. The summed E-state index contributed by atoms with van der Waals surface area (Å²) in [5.41, 5.74) is 5.06. The van der Waals surface area contributed by atoms with Crippen LogP contribution in [0.5, 0.6) is 0 Å². The zero-order valence-corrected chi connectivity index (χ0v) is 21.4. The van der Waals surface area contributed by atoms with Gasteiger partial charge in [-0.15, -0.1) is 0 Å². The van der Waals surface area contributed by atoms with Crippen molar-refractivity contribution in [1.29, 1.82) is 5.26 Å². The van der Waals surface area contributed by atoms with Crippen molar-refractivity contribution in [2.24, 2.45) is 0 Å². The highest BCUT2D eigenvalue weighted by Crippen LogP contribution is 2.26. The molecule has 7 nitrogen and oxygen atoms in total. The van der Waals surface area contributed by atoms with Crippen molar-refractivity contribution in [2.45, 2.75) is 13.0 Å². The van der Waals surface area contributed by atoms with Gasteiger partial charge in [0.1, 0.15) is 0 Å². The Bertz CT molecular complexity index is 1550. The van der Waals surface area contributed by atoms with Crippen LogP contribution < -0.4 is 0 Å². The number of aromatic nitrogens is 1. The monoisotopic (exact) mass is 503 g/mol. The zero-order valence-electron chi connectivity index (χ0n) is 21.4. The molecule has 2 aliphatic heterocycles. The van der Waals surface area contributed by atoms with Crippen molar-refractivity contribution in [2.75, 3.05) is 39.3 Å². The predicted molar refractivity (Wildman–Crippen MR) is 146 cm³/mol. The summed E-state index contributed by atoms with van der Waals surface area (Å²) in [5, 5.41) is 10.2. The van der Waals surface area contributed by atoms with E-state index in [9.17, 15) is 14.9 Å². The lowest BCUT2D eigenvalue weighted by Gasteiger charge is -2.48. The SMILES string of the molecule is Cc1cc(-n2ccc3cc(C(=O)N4CC(N5CCN(C(=O)c6ccccc6)CC5)C4)ccc32)ccc1C#N. The van der Waals surface area contributed by atoms with Gasteiger partial charge < -0.3 is 14.4 Å². The average Bonchev–Trinajstić information content (AvgIpc) is 3.36. The Labute approximate surface area is 222 Å². The van der Waals surface area contributed by atoms with Gasteiger partial charge >= 0.3 is 0 Å².